The lowest BCUT2D eigenvalue weighted by Gasteiger charge is -2.07. The fourth-order valence-corrected chi connectivity index (χ4v) is 2.86. The third kappa shape index (κ3) is 2.91. The van der Waals surface area contributed by atoms with Crippen LogP contribution >= 0.6 is 0 Å². The molecule has 0 unspecified atom stereocenters. The highest BCUT2D eigenvalue weighted by Gasteiger charge is 2.11. The van der Waals surface area contributed by atoms with Crippen LogP contribution in [-0.2, 0) is 0 Å². The number of rotatable bonds is 4. The van der Waals surface area contributed by atoms with Gasteiger partial charge in [0.2, 0.25) is 0 Å². The second-order valence-electron chi connectivity index (χ2n) is 5.79. The molecule has 7 nitrogen and oxygen atoms in total. The van der Waals surface area contributed by atoms with Crippen molar-refractivity contribution in [3.05, 3.63) is 64.5 Å². The predicted octanol–water partition coefficient (Wildman–Crippen LogP) is 2.92. The molecule has 2 heterocycles. The van der Waals surface area contributed by atoms with E-state index in [1.54, 1.807) is 38.5 Å². The van der Waals surface area contributed by atoms with Crippen LogP contribution < -0.4 is 15.0 Å². The van der Waals surface area contributed by atoms with Crippen LogP contribution in [0.25, 0.3) is 21.9 Å². The number of nitrogens with zero attached hydrogens (tertiary/aromatic N) is 3. The van der Waals surface area contributed by atoms with Gasteiger partial charge < -0.3 is 14.5 Å². The summed E-state index contributed by atoms with van der Waals surface area (Å²) in [5, 5.41) is 4.72. The molecular formula is C19H15FN4O3. The molecule has 27 heavy (non-hydrogen) atoms. The minimum atomic E-state index is -0.388. The zero-order valence-electron chi connectivity index (χ0n) is 14.6. The Morgan fingerprint density at radius 1 is 1.15 bits per heavy atom. The standard InChI is InChI=1S/C19H15FN4O3/c1-26-15-6-3-11(7-16(15)27-2)9-22-24-10-21-17-13-8-12(20)4-5-14(13)23-18(17)19(24)25/h3-10,23H,1-2H3/b22-9-. The average molecular weight is 366 g/mol. The SMILES string of the molecule is COc1ccc(/C=N\n2cnc3c([nH]c4ccc(F)cc43)c2=O)cc1OC. The Hall–Kier alpha value is -3.68. The Morgan fingerprint density at radius 2 is 1.96 bits per heavy atom. The van der Waals surface area contributed by atoms with Crippen LogP contribution in [0.3, 0.4) is 0 Å². The lowest BCUT2D eigenvalue weighted by atomic mass is 10.2. The Labute approximate surface area is 152 Å². The van der Waals surface area contributed by atoms with Crippen molar-refractivity contribution in [1.29, 1.82) is 0 Å². The molecular weight excluding hydrogens is 351 g/mol. The number of fused-ring (bicyclic) bond motifs is 3. The maximum atomic E-state index is 13.5. The molecule has 2 aromatic heterocycles. The maximum Gasteiger partial charge on any atom is 0.298 e. The first-order chi connectivity index (χ1) is 13.1. The van der Waals surface area contributed by atoms with E-state index in [9.17, 15) is 9.18 Å². The summed E-state index contributed by atoms with van der Waals surface area (Å²) in [7, 11) is 3.10. The summed E-state index contributed by atoms with van der Waals surface area (Å²) >= 11 is 0. The fraction of sp³-hybridized carbons (Fsp3) is 0.105. The molecule has 4 rings (SSSR count). The molecule has 1 N–H and O–H groups in total. The number of methoxy groups -OCH3 is 2. The van der Waals surface area contributed by atoms with Crippen molar-refractivity contribution < 1.29 is 13.9 Å². The van der Waals surface area contributed by atoms with Crippen molar-refractivity contribution in [3.63, 3.8) is 0 Å². The first kappa shape index (κ1) is 16.8. The van der Waals surface area contributed by atoms with Gasteiger partial charge in [0.1, 0.15) is 23.2 Å². The van der Waals surface area contributed by atoms with Crippen LogP contribution in [0.1, 0.15) is 5.56 Å². The van der Waals surface area contributed by atoms with Crippen molar-refractivity contribution in [1.82, 2.24) is 14.6 Å². The maximum absolute atomic E-state index is 13.5. The largest absolute Gasteiger partial charge is 0.493 e. The van der Waals surface area contributed by atoms with Gasteiger partial charge >= 0.3 is 0 Å². The molecule has 0 aliphatic heterocycles. The van der Waals surface area contributed by atoms with E-state index in [0.717, 1.165) is 10.2 Å². The summed E-state index contributed by atoms with van der Waals surface area (Å²) in [6.07, 6.45) is 2.82. The molecule has 0 bridgehead atoms. The summed E-state index contributed by atoms with van der Waals surface area (Å²) in [6, 6.07) is 9.52. The van der Waals surface area contributed by atoms with E-state index >= 15 is 0 Å². The summed E-state index contributed by atoms with van der Waals surface area (Å²) < 4.78 is 25.0. The molecule has 136 valence electrons. The van der Waals surface area contributed by atoms with Crippen LogP contribution in [0.5, 0.6) is 11.5 Å². The van der Waals surface area contributed by atoms with Crippen molar-refractivity contribution in [2.24, 2.45) is 5.10 Å². The highest BCUT2D eigenvalue weighted by atomic mass is 19.1. The minimum absolute atomic E-state index is 0.266. The molecule has 2 aromatic carbocycles. The average Bonchev–Trinajstić information content (AvgIpc) is 3.06. The second kappa shape index (κ2) is 6.56. The molecule has 0 spiro atoms. The second-order valence-corrected chi connectivity index (χ2v) is 5.79. The Morgan fingerprint density at radius 3 is 2.74 bits per heavy atom. The van der Waals surface area contributed by atoms with Gasteiger partial charge in [-0.3, -0.25) is 4.79 Å². The van der Waals surface area contributed by atoms with Gasteiger partial charge in [0, 0.05) is 10.9 Å². The van der Waals surface area contributed by atoms with Crippen LogP contribution in [0.4, 0.5) is 4.39 Å². The summed E-state index contributed by atoms with van der Waals surface area (Å²) in [5.74, 6) is 0.765. The Bertz CT molecular complexity index is 1240. The van der Waals surface area contributed by atoms with Gasteiger partial charge in [-0.15, -0.1) is 0 Å². The van der Waals surface area contributed by atoms with Gasteiger partial charge in [-0.25, -0.2) is 9.37 Å². The molecule has 0 saturated carbocycles. The topological polar surface area (TPSA) is 81.5 Å². The smallest absolute Gasteiger partial charge is 0.298 e. The third-order valence-electron chi connectivity index (χ3n) is 4.19. The highest BCUT2D eigenvalue weighted by Crippen LogP contribution is 2.27. The zero-order chi connectivity index (χ0) is 19.0. The molecule has 0 atom stereocenters. The predicted molar refractivity (Wildman–Crippen MR) is 100 cm³/mol. The van der Waals surface area contributed by atoms with Gasteiger partial charge in [-0.2, -0.15) is 9.78 Å². The number of aromatic amines is 1. The number of hydrogen-bond acceptors (Lipinski definition) is 5. The highest BCUT2D eigenvalue weighted by molar-refractivity contribution is 6.04. The molecule has 0 amide bonds. The number of H-pyrrole nitrogens is 1. The quantitative estimate of drug-likeness (QED) is 0.563. The Kier molecular flexibility index (Phi) is 4.08. The van der Waals surface area contributed by atoms with Crippen LogP contribution in [0, 0.1) is 5.82 Å². The lowest BCUT2D eigenvalue weighted by molar-refractivity contribution is 0.355. The van der Waals surface area contributed by atoms with E-state index in [4.69, 9.17) is 9.47 Å². The van der Waals surface area contributed by atoms with Crippen molar-refractivity contribution in [2.45, 2.75) is 0 Å². The molecule has 8 heteroatoms. The van der Waals surface area contributed by atoms with E-state index in [0.29, 0.717) is 27.9 Å². The molecule has 0 aliphatic carbocycles. The summed E-state index contributed by atoms with van der Waals surface area (Å²) in [6.45, 7) is 0. The van der Waals surface area contributed by atoms with E-state index < -0.39 is 0 Å². The van der Waals surface area contributed by atoms with Crippen LogP contribution in [-0.4, -0.2) is 35.1 Å². The van der Waals surface area contributed by atoms with E-state index in [1.807, 2.05) is 0 Å². The van der Waals surface area contributed by atoms with Crippen molar-refractivity contribution >= 4 is 28.2 Å². The van der Waals surface area contributed by atoms with E-state index in [1.165, 1.54) is 24.7 Å². The summed E-state index contributed by atoms with van der Waals surface area (Å²) in [4.78, 5) is 19.9. The first-order valence-electron chi connectivity index (χ1n) is 8.05. The van der Waals surface area contributed by atoms with Gasteiger partial charge in [0.25, 0.3) is 5.56 Å². The number of hydrogen-bond donors (Lipinski definition) is 1. The molecule has 4 aromatic rings. The first-order valence-corrected chi connectivity index (χ1v) is 8.05. The van der Waals surface area contributed by atoms with Gasteiger partial charge in [-0.1, -0.05) is 0 Å². The van der Waals surface area contributed by atoms with Gasteiger partial charge in [-0.05, 0) is 42.0 Å². The fourth-order valence-electron chi connectivity index (χ4n) is 2.86. The summed E-state index contributed by atoms with van der Waals surface area (Å²) in [5.41, 5.74) is 1.65. The normalized spacial score (nSPS) is 11.5. The monoisotopic (exact) mass is 366 g/mol. The van der Waals surface area contributed by atoms with Crippen LogP contribution in [0.15, 0.2) is 52.6 Å². The number of nitrogens with one attached hydrogen (secondary N) is 1. The van der Waals surface area contributed by atoms with Crippen LogP contribution in [0.2, 0.25) is 0 Å². The molecule has 0 saturated heterocycles. The molecule has 0 fully saturated rings. The molecule has 0 radical (unpaired) electrons. The number of aromatic nitrogens is 3. The van der Waals surface area contributed by atoms with Gasteiger partial charge in [0.15, 0.2) is 11.5 Å². The number of halogens is 1. The Balaban J connectivity index is 1.76. The third-order valence-corrected chi connectivity index (χ3v) is 4.19. The molecule has 0 aliphatic rings. The van der Waals surface area contributed by atoms with Gasteiger partial charge in [0.05, 0.1) is 20.4 Å². The zero-order valence-corrected chi connectivity index (χ0v) is 14.6. The minimum Gasteiger partial charge on any atom is -0.493 e. The number of ether oxygens (including phenoxy) is 2. The number of benzene rings is 2. The van der Waals surface area contributed by atoms with E-state index in [2.05, 4.69) is 15.1 Å². The lowest BCUT2D eigenvalue weighted by Crippen LogP contribution is -2.17. The van der Waals surface area contributed by atoms with E-state index in [-0.39, 0.29) is 16.9 Å². The van der Waals surface area contributed by atoms with Crippen molar-refractivity contribution in [3.8, 4) is 11.5 Å². The van der Waals surface area contributed by atoms with Crippen molar-refractivity contribution in [2.75, 3.05) is 14.2 Å².